The molecule has 0 amide bonds. The van der Waals surface area contributed by atoms with Crippen LogP contribution in [0.5, 0.6) is 0 Å². The molecule has 1 aromatic heterocycles. The number of oxazole rings is 1. The van der Waals surface area contributed by atoms with Crippen LogP contribution in [-0.4, -0.2) is 25.2 Å². The van der Waals surface area contributed by atoms with E-state index in [0.29, 0.717) is 19.0 Å². The van der Waals surface area contributed by atoms with Gasteiger partial charge in [0.05, 0.1) is 12.3 Å². The van der Waals surface area contributed by atoms with Crippen molar-refractivity contribution < 1.29 is 9.15 Å². The first-order valence-electron chi connectivity index (χ1n) is 6.57. The summed E-state index contributed by atoms with van der Waals surface area (Å²) in [6.07, 6.45) is 2.74. The van der Waals surface area contributed by atoms with E-state index >= 15 is 0 Å². The van der Waals surface area contributed by atoms with Gasteiger partial charge in [-0.1, -0.05) is 19.1 Å². The van der Waals surface area contributed by atoms with Gasteiger partial charge >= 0.3 is 0 Å². The third-order valence-corrected chi connectivity index (χ3v) is 2.95. The molecule has 0 aliphatic heterocycles. The zero-order chi connectivity index (χ0) is 13.5. The summed E-state index contributed by atoms with van der Waals surface area (Å²) in [6, 6.07) is 8.31. The Morgan fingerprint density at radius 3 is 2.74 bits per heavy atom. The molecule has 1 heterocycles. The molecule has 102 valence electrons. The number of nitrogens with one attached hydrogen (secondary N) is 1. The first-order valence-corrected chi connectivity index (χ1v) is 6.57. The van der Waals surface area contributed by atoms with E-state index in [-0.39, 0.29) is 0 Å². The number of benzene rings is 1. The smallest absolute Gasteiger partial charge is 0.226 e. The van der Waals surface area contributed by atoms with Crippen molar-refractivity contribution in [2.75, 3.05) is 20.3 Å². The fourth-order valence-electron chi connectivity index (χ4n) is 1.79. The molecule has 0 bridgehead atoms. The van der Waals surface area contributed by atoms with Crippen LogP contribution < -0.4 is 5.32 Å². The van der Waals surface area contributed by atoms with Crippen LogP contribution in [0, 0.1) is 0 Å². The standard InChI is InChI=1S/C15H20N2O2/c1-3-12-4-6-13(7-5-12)15-17-14(11-19-15)10-16-8-9-18-2/h4-7,11,16H,3,8-10H2,1-2H3. The molecule has 0 radical (unpaired) electrons. The summed E-state index contributed by atoms with van der Waals surface area (Å²) >= 11 is 0. The van der Waals surface area contributed by atoms with Gasteiger partial charge in [-0.3, -0.25) is 0 Å². The Balaban J connectivity index is 1.95. The third kappa shape index (κ3) is 3.91. The average molecular weight is 260 g/mol. The van der Waals surface area contributed by atoms with Crippen LogP contribution in [0.25, 0.3) is 11.5 Å². The summed E-state index contributed by atoms with van der Waals surface area (Å²) < 4.78 is 10.5. The first kappa shape index (κ1) is 13.8. The van der Waals surface area contributed by atoms with Gasteiger partial charge in [-0.25, -0.2) is 4.98 Å². The van der Waals surface area contributed by atoms with Gasteiger partial charge in [-0.2, -0.15) is 0 Å². The lowest BCUT2D eigenvalue weighted by Crippen LogP contribution is -2.18. The van der Waals surface area contributed by atoms with Gasteiger partial charge in [0.1, 0.15) is 6.26 Å². The molecule has 4 nitrogen and oxygen atoms in total. The first-order chi connectivity index (χ1) is 9.33. The second-order valence-electron chi connectivity index (χ2n) is 4.36. The monoisotopic (exact) mass is 260 g/mol. The molecular weight excluding hydrogens is 240 g/mol. The van der Waals surface area contributed by atoms with E-state index in [1.807, 2.05) is 12.1 Å². The lowest BCUT2D eigenvalue weighted by molar-refractivity contribution is 0.199. The minimum atomic E-state index is 0.672. The summed E-state index contributed by atoms with van der Waals surface area (Å²) in [5.74, 6) is 0.672. The molecule has 1 N–H and O–H groups in total. The number of hydrogen-bond acceptors (Lipinski definition) is 4. The van der Waals surface area contributed by atoms with Gasteiger partial charge in [0.15, 0.2) is 0 Å². The van der Waals surface area contributed by atoms with Gasteiger partial charge in [-0.15, -0.1) is 0 Å². The molecule has 0 atom stereocenters. The molecule has 0 unspecified atom stereocenters. The molecular formula is C15H20N2O2. The number of methoxy groups -OCH3 is 1. The van der Waals surface area contributed by atoms with Gasteiger partial charge in [0.2, 0.25) is 5.89 Å². The maximum atomic E-state index is 5.50. The van der Waals surface area contributed by atoms with Crippen LogP contribution in [0.1, 0.15) is 18.2 Å². The Hall–Kier alpha value is -1.65. The summed E-state index contributed by atoms with van der Waals surface area (Å²) in [7, 11) is 1.69. The Labute approximate surface area is 113 Å². The van der Waals surface area contributed by atoms with Crippen molar-refractivity contribution in [2.45, 2.75) is 19.9 Å². The SMILES string of the molecule is CCc1ccc(-c2nc(CNCCOC)co2)cc1. The topological polar surface area (TPSA) is 47.3 Å². The van der Waals surface area contributed by atoms with E-state index < -0.39 is 0 Å². The molecule has 1 aromatic carbocycles. The fourth-order valence-corrected chi connectivity index (χ4v) is 1.79. The van der Waals surface area contributed by atoms with Crippen LogP contribution in [-0.2, 0) is 17.7 Å². The molecule has 0 saturated carbocycles. The minimum absolute atomic E-state index is 0.672. The molecule has 0 spiro atoms. The van der Waals surface area contributed by atoms with Gasteiger partial charge in [-0.05, 0) is 24.1 Å². The van der Waals surface area contributed by atoms with Crippen molar-refractivity contribution in [3.8, 4) is 11.5 Å². The van der Waals surface area contributed by atoms with Crippen LogP contribution in [0.2, 0.25) is 0 Å². The predicted molar refractivity (Wildman–Crippen MR) is 74.9 cm³/mol. The molecule has 2 rings (SSSR count). The van der Waals surface area contributed by atoms with Crippen LogP contribution >= 0.6 is 0 Å². The van der Waals surface area contributed by atoms with Crippen molar-refractivity contribution in [3.05, 3.63) is 41.8 Å². The molecule has 19 heavy (non-hydrogen) atoms. The largest absolute Gasteiger partial charge is 0.444 e. The van der Waals surface area contributed by atoms with Crippen molar-refractivity contribution in [3.63, 3.8) is 0 Å². The quantitative estimate of drug-likeness (QED) is 0.777. The van der Waals surface area contributed by atoms with E-state index in [4.69, 9.17) is 9.15 Å². The minimum Gasteiger partial charge on any atom is -0.444 e. The van der Waals surface area contributed by atoms with Crippen LogP contribution in [0.3, 0.4) is 0 Å². The van der Waals surface area contributed by atoms with E-state index in [2.05, 4.69) is 29.4 Å². The van der Waals surface area contributed by atoms with Crippen molar-refractivity contribution in [2.24, 2.45) is 0 Å². The highest BCUT2D eigenvalue weighted by atomic mass is 16.5. The highest BCUT2D eigenvalue weighted by molar-refractivity contribution is 5.53. The van der Waals surface area contributed by atoms with E-state index in [1.54, 1.807) is 13.4 Å². The molecule has 0 aliphatic rings. The van der Waals surface area contributed by atoms with E-state index in [1.165, 1.54) is 5.56 Å². The van der Waals surface area contributed by atoms with Crippen molar-refractivity contribution >= 4 is 0 Å². The number of ether oxygens (including phenoxy) is 1. The Bertz CT molecular complexity index is 491. The maximum Gasteiger partial charge on any atom is 0.226 e. The van der Waals surface area contributed by atoms with Crippen molar-refractivity contribution in [1.82, 2.24) is 10.3 Å². The highest BCUT2D eigenvalue weighted by Crippen LogP contribution is 2.19. The number of aromatic nitrogens is 1. The van der Waals surface area contributed by atoms with Crippen molar-refractivity contribution in [1.29, 1.82) is 0 Å². The van der Waals surface area contributed by atoms with Gasteiger partial charge < -0.3 is 14.5 Å². The maximum absolute atomic E-state index is 5.50. The molecule has 0 aliphatic carbocycles. The molecule has 0 fully saturated rings. The fraction of sp³-hybridized carbons (Fsp3) is 0.400. The Kier molecular flexibility index (Phi) is 5.12. The molecule has 0 saturated heterocycles. The molecule has 2 aromatic rings. The third-order valence-electron chi connectivity index (χ3n) is 2.95. The van der Waals surface area contributed by atoms with Crippen LogP contribution in [0.15, 0.2) is 34.9 Å². The lowest BCUT2D eigenvalue weighted by atomic mass is 10.1. The zero-order valence-electron chi connectivity index (χ0n) is 11.5. The van der Waals surface area contributed by atoms with E-state index in [9.17, 15) is 0 Å². The number of rotatable bonds is 7. The summed E-state index contributed by atoms with van der Waals surface area (Å²) in [4.78, 5) is 4.46. The van der Waals surface area contributed by atoms with Gasteiger partial charge in [0, 0.05) is 25.8 Å². The average Bonchev–Trinajstić information content (AvgIpc) is 2.92. The second kappa shape index (κ2) is 7.07. The van der Waals surface area contributed by atoms with Gasteiger partial charge in [0.25, 0.3) is 0 Å². The lowest BCUT2D eigenvalue weighted by Gasteiger charge is -2.00. The normalized spacial score (nSPS) is 10.8. The summed E-state index contributed by atoms with van der Waals surface area (Å²) in [6.45, 7) is 4.34. The summed E-state index contributed by atoms with van der Waals surface area (Å²) in [5, 5.41) is 3.24. The number of nitrogens with zero attached hydrogens (tertiary/aromatic N) is 1. The van der Waals surface area contributed by atoms with Crippen LogP contribution in [0.4, 0.5) is 0 Å². The number of hydrogen-bond donors (Lipinski definition) is 1. The number of aryl methyl sites for hydroxylation is 1. The predicted octanol–water partition coefficient (Wildman–Crippen LogP) is 2.64. The molecule has 4 heteroatoms. The Morgan fingerprint density at radius 2 is 2.05 bits per heavy atom. The zero-order valence-corrected chi connectivity index (χ0v) is 11.5. The highest BCUT2D eigenvalue weighted by Gasteiger charge is 2.06. The summed E-state index contributed by atoms with van der Waals surface area (Å²) in [5.41, 5.74) is 3.24. The second-order valence-corrected chi connectivity index (χ2v) is 4.36. The van der Waals surface area contributed by atoms with E-state index in [0.717, 1.165) is 24.2 Å². The Morgan fingerprint density at radius 1 is 1.26 bits per heavy atom.